The minimum Gasteiger partial charge on any atom is -0.389 e. The summed E-state index contributed by atoms with van der Waals surface area (Å²) < 4.78 is 11.3. The van der Waals surface area contributed by atoms with Gasteiger partial charge < -0.3 is 24.3 Å². The highest BCUT2D eigenvalue weighted by Crippen LogP contribution is 2.31. The standard InChI is InChI=1S/C33H35N3O2/c1-23(2)34-19-24(37)22-38-25(20-35-30-15-7-3-11-26(30)27-12-4-8-16-31(27)35)21-36-32-17-9-5-13-28(32)29-14-6-10-18-33(29)36/h3-18,23-25,34,37H,19-22H2,1-2H3/t24-/m1/s1. The van der Waals surface area contributed by atoms with Crippen LogP contribution in [0.25, 0.3) is 43.6 Å². The van der Waals surface area contributed by atoms with E-state index in [4.69, 9.17) is 4.74 Å². The minimum atomic E-state index is -0.573. The molecular formula is C33H35N3O2. The molecule has 2 aromatic heterocycles. The molecule has 0 spiro atoms. The van der Waals surface area contributed by atoms with Crippen molar-refractivity contribution < 1.29 is 9.84 Å². The second-order valence-corrected chi connectivity index (χ2v) is 10.5. The van der Waals surface area contributed by atoms with Crippen molar-refractivity contribution >= 4 is 43.6 Å². The monoisotopic (exact) mass is 505 g/mol. The fraction of sp³-hybridized carbons (Fsp3) is 0.273. The Morgan fingerprint density at radius 1 is 0.632 bits per heavy atom. The predicted molar refractivity (Wildman–Crippen MR) is 158 cm³/mol. The maximum atomic E-state index is 10.7. The largest absolute Gasteiger partial charge is 0.389 e. The minimum absolute atomic E-state index is 0.151. The number of benzene rings is 4. The number of aliphatic hydroxyl groups excluding tert-OH is 1. The molecule has 6 rings (SSSR count). The third kappa shape index (κ3) is 4.69. The number of nitrogens with zero attached hydrogens (tertiary/aromatic N) is 2. The van der Waals surface area contributed by atoms with Crippen molar-refractivity contribution in [1.82, 2.24) is 14.5 Å². The van der Waals surface area contributed by atoms with Crippen LogP contribution in [-0.2, 0) is 17.8 Å². The summed E-state index contributed by atoms with van der Waals surface area (Å²) in [6.45, 7) is 6.31. The molecule has 6 aromatic rings. The molecule has 0 aliphatic carbocycles. The lowest BCUT2D eigenvalue weighted by Crippen LogP contribution is -2.36. The molecule has 0 radical (unpaired) electrons. The Labute approximate surface area is 223 Å². The van der Waals surface area contributed by atoms with Gasteiger partial charge >= 0.3 is 0 Å². The molecule has 0 aliphatic rings. The van der Waals surface area contributed by atoms with E-state index in [9.17, 15) is 5.11 Å². The zero-order chi connectivity index (χ0) is 26.1. The number of hydrogen-bond donors (Lipinski definition) is 2. The lowest BCUT2D eigenvalue weighted by molar-refractivity contribution is -0.0210. The predicted octanol–water partition coefficient (Wildman–Crippen LogP) is 6.35. The van der Waals surface area contributed by atoms with Crippen LogP contribution < -0.4 is 5.32 Å². The van der Waals surface area contributed by atoms with Crippen LogP contribution in [0.5, 0.6) is 0 Å². The smallest absolute Gasteiger partial charge is 0.0934 e. The Morgan fingerprint density at radius 2 is 1.00 bits per heavy atom. The van der Waals surface area contributed by atoms with E-state index in [1.807, 2.05) is 0 Å². The third-order valence-electron chi connectivity index (χ3n) is 7.42. The van der Waals surface area contributed by atoms with E-state index in [1.165, 1.54) is 43.6 Å². The van der Waals surface area contributed by atoms with E-state index >= 15 is 0 Å². The van der Waals surface area contributed by atoms with E-state index in [1.54, 1.807) is 0 Å². The molecule has 0 bridgehead atoms. The maximum absolute atomic E-state index is 10.7. The van der Waals surface area contributed by atoms with Crippen LogP contribution in [0.1, 0.15) is 13.8 Å². The van der Waals surface area contributed by atoms with Gasteiger partial charge in [0, 0.05) is 56.2 Å². The van der Waals surface area contributed by atoms with Gasteiger partial charge in [-0.2, -0.15) is 0 Å². The van der Waals surface area contributed by atoms with Gasteiger partial charge in [0.1, 0.15) is 0 Å². The summed E-state index contributed by atoms with van der Waals surface area (Å²) in [4.78, 5) is 0. The molecular weight excluding hydrogens is 470 g/mol. The molecule has 5 nitrogen and oxygen atoms in total. The van der Waals surface area contributed by atoms with Crippen LogP contribution in [0.15, 0.2) is 97.1 Å². The van der Waals surface area contributed by atoms with Gasteiger partial charge in [-0.1, -0.05) is 86.6 Å². The van der Waals surface area contributed by atoms with Crippen LogP contribution in [0.2, 0.25) is 0 Å². The Bertz CT molecular complexity index is 1470. The summed E-state index contributed by atoms with van der Waals surface area (Å²) in [7, 11) is 0. The second-order valence-electron chi connectivity index (χ2n) is 10.5. The van der Waals surface area contributed by atoms with Gasteiger partial charge in [-0.05, 0) is 24.3 Å². The van der Waals surface area contributed by atoms with E-state index in [2.05, 4.69) is 125 Å². The Balaban J connectivity index is 1.39. The van der Waals surface area contributed by atoms with Crippen molar-refractivity contribution in [3.8, 4) is 0 Å². The lowest BCUT2D eigenvalue weighted by atomic mass is 10.2. The summed E-state index contributed by atoms with van der Waals surface area (Å²) >= 11 is 0. The Hall–Kier alpha value is -3.64. The number of aromatic nitrogens is 2. The first-order valence-electron chi connectivity index (χ1n) is 13.5. The number of aliphatic hydroxyl groups is 1. The topological polar surface area (TPSA) is 51.3 Å². The lowest BCUT2D eigenvalue weighted by Gasteiger charge is -2.24. The molecule has 0 saturated heterocycles. The SMILES string of the molecule is CC(C)NC[C@@H](O)COC(Cn1c2ccccc2c2ccccc21)Cn1c2ccccc2c2ccccc21. The molecule has 0 unspecified atom stereocenters. The molecule has 1 atom stereocenters. The molecule has 5 heteroatoms. The zero-order valence-corrected chi connectivity index (χ0v) is 22.0. The van der Waals surface area contributed by atoms with Crippen LogP contribution >= 0.6 is 0 Å². The van der Waals surface area contributed by atoms with Crippen molar-refractivity contribution in [2.24, 2.45) is 0 Å². The molecule has 194 valence electrons. The van der Waals surface area contributed by atoms with E-state index in [-0.39, 0.29) is 12.7 Å². The highest BCUT2D eigenvalue weighted by atomic mass is 16.5. The first kappa shape index (κ1) is 24.7. The van der Waals surface area contributed by atoms with Crippen molar-refractivity contribution in [1.29, 1.82) is 0 Å². The molecule has 2 heterocycles. The fourth-order valence-corrected chi connectivity index (χ4v) is 5.65. The van der Waals surface area contributed by atoms with Gasteiger partial charge in [0.05, 0.1) is 31.9 Å². The van der Waals surface area contributed by atoms with Gasteiger partial charge in [-0.25, -0.2) is 0 Å². The first-order valence-corrected chi connectivity index (χ1v) is 13.5. The summed E-state index contributed by atoms with van der Waals surface area (Å²) in [6, 6.07) is 34.6. The third-order valence-corrected chi connectivity index (χ3v) is 7.42. The molecule has 0 aliphatic heterocycles. The van der Waals surface area contributed by atoms with Crippen LogP contribution in [-0.4, -0.2) is 45.6 Å². The number of ether oxygens (including phenoxy) is 1. The van der Waals surface area contributed by atoms with Crippen molar-refractivity contribution in [2.75, 3.05) is 13.2 Å². The Kier molecular flexibility index (Phi) is 6.90. The van der Waals surface area contributed by atoms with Gasteiger partial charge in [0.25, 0.3) is 0 Å². The van der Waals surface area contributed by atoms with Gasteiger partial charge in [0.15, 0.2) is 0 Å². The summed E-state index contributed by atoms with van der Waals surface area (Å²) in [5.41, 5.74) is 4.80. The molecule has 0 saturated carbocycles. The van der Waals surface area contributed by atoms with Crippen molar-refractivity contribution in [2.45, 2.75) is 45.2 Å². The molecule has 2 N–H and O–H groups in total. The zero-order valence-electron chi connectivity index (χ0n) is 22.0. The first-order chi connectivity index (χ1) is 18.6. The average Bonchev–Trinajstić information content (AvgIpc) is 3.44. The fourth-order valence-electron chi connectivity index (χ4n) is 5.65. The van der Waals surface area contributed by atoms with E-state index in [0.717, 1.165) is 0 Å². The number of nitrogens with one attached hydrogen (secondary N) is 1. The second kappa shape index (κ2) is 10.6. The van der Waals surface area contributed by atoms with Gasteiger partial charge in [0.2, 0.25) is 0 Å². The summed E-state index contributed by atoms with van der Waals surface area (Å²) in [6.07, 6.45) is -0.724. The highest BCUT2D eigenvalue weighted by Gasteiger charge is 2.20. The molecule has 38 heavy (non-hydrogen) atoms. The van der Waals surface area contributed by atoms with E-state index < -0.39 is 6.10 Å². The molecule has 0 amide bonds. The maximum Gasteiger partial charge on any atom is 0.0934 e. The number of para-hydroxylation sites is 4. The average molecular weight is 506 g/mol. The number of fused-ring (bicyclic) bond motifs is 6. The number of rotatable bonds is 10. The Morgan fingerprint density at radius 3 is 1.37 bits per heavy atom. The van der Waals surface area contributed by atoms with Gasteiger partial charge in [-0.3, -0.25) is 0 Å². The number of hydrogen-bond acceptors (Lipinski definition) is 3. The van der Waals surface area contributed by atoms with Crippen molar-refractivity contribution in [3.63, 3.8) is 0 Å². The van der Waals surface area contributed by atoms with Gasteiger partial charge in [-0.15, -0.1) is 0 Å². The molecule has 4 aromatic carbocycles. The normalized spacial score (nSPS) is 13.1. The van der Waals surface area contributed by atoms with Crippen molar-refractivity contribution in [3.05, 3.63) is 97.1 Å². The van der Waals surface area contributed by atoms with Crippen LogP contribution in [0, 0.1) is 0 Å². The van der Waals surface area contributed by atoms with E-state index in [0.29, 0.717) is 25.7 Å². The van der Waals surface area contributed by atoms with Crippen LogP contribution in [0.3, 0.4) is 0 Å². The summed E-state index contributed by atoms with van der Waals surface area (Å²) in [5.74, 6) is 0. The quantitative estimate of drug-likeness (QED) is 0.228. The van der Waals surface area contributed by atoms with Crippen LogP contribution in [0.4, 0.5) is 0 Å². The molecule has 0 fully saturated rings. The summed E-state index contributed by atoms with van der Waals surface area (Å²) in [5, 5.41) is 19.0. The highest BCUT2D eigenvalue weighted by molar-refractivity contribution is 6.08.